The predicted octanol–water partition coefficient (Wildman–Crippen LogP) is 2.49. The van der Waals surface area contributed by atoms with Crippen molar-refractivity contribution >= 4 is 11.3 Å². The smallest absolute Gasteiger partial charge is 0.0302 e. The summed E-state index contributed by atoms with van der Waals surface area (Å²) in [5.74, 6) is 0.902. The molecule has 16 heavy (non-hydrogen) atoms. The normalized spacial score (nSPS) is 21.8. The molecule has 0 radical (unpaired) electrons. The fraction of sp³-hybridized carbons (Fsp3) is 0.692. The van der Waals surface area contributed by atoms with Crippen molar-refractivity contribution in [3.05, 3.63) is 21.9 Å². The van der Waals surface area contributed by atoms with Crippen LogP contribution < -0.4 is 5.32 Å². The zero-order valence-electron chi connectivity index (χ0n) is 10.3. The molecule has 0 spiro atoms. The first-order chi connectivity index (χ1) is 7.75. The Morgan fingerprint density at radius 1 is 1.56 bits per heavy atom. The lowest BCUT2D eigenvalue weighted by Crippen LogP contribution is -2.30. The van der Waals surface area contributed by atoms with Gasteiger partial charge in [0, 0.05) is 31.1 Å². The summed E-state index contributed by atoms with van der Waals surface area (Å²) in [4.78, 5) is 4.05. The van der Waals surface area contributed by atoms with Gasteiger partial charge in [-0.3, -0.25) is 0 Å². The van der Waals surface area contributed by atoms with E-state index in [1.165, 1.54) is 36.5 Å². The third-order valence-corrected chi connectivity index (χ3v) is 4.39. The van der Waals surface area contributed by atoms with E-state index in [1.807, 2.05) is 11.3 Å². The summed E-state index contributed by atoms with van der Waals surface area (Å²) in [6.45, 7) is 10.5. The van der Waals surface area contributed by atoms with Gasteiger partial charge in [0.15, 0.2) is 0 Å². The van der Waals surface area contributed by atoms with Gasteiger partial charge in [-0.2, -0.15) is 0 Å². The van der Waals surface area contributed by atoms with Gasteiger partial charge < -0.3 is 10.2 Å². The second kappa shape index (κ2) is 5.80. The molecule has 1 saturated heterocycles. The van der Waals surface area contributed by atoms with Crippen molar-refractivity contribution < 1.29 is 0 Å². The largest absolute Gasteiger partial charge is 0.311 e. The zero-order chi connectivity index (χ0) is 11.4. The average Bonchev–Trinajstić information content (AvgIpc) is 2.83. The van der Waals surface area contributed by atoms with Crippen molar-refractivity contribution in [3.63, 3.8) is 0 Å². The Kier molecular flexibility index (Phi) is 4.38. The molecule has 3 heteroatoms. The lowest BCUT2D eigenvalue weighted by molar-refractivity contribution is 0.325. The number of nitrogens with zero attached hydrogens (tertiary/aromatic N) is 1. The highest BCUT2D eigenvalue weighted by Crippen LogP contribution is 2.15. The first-order valence-electron chi connectivity index (χ1n) is 6.22. The topological polar surface area (TPSA) is 15.3 Å². The highest BCUT2D eigenvalue weighted by molar-refractivity contribution is 7.10. The number of aryl methyl sites for hydroxylation is 1. The minimum absolute atomic E-state index is 0.902. The highest BCUT2D eigenvalue weighted by atomic mass is 32.1. The molecule has 1 aliphatic rings. The van der Waals surface area contributed by atoms with Gasteiger partial charge in [0.2, 0.25) is 0 Å². The number of likely N-dealkylation sites (tertiary alicyclic amines) is 1. The van der Waals surface area contributed by atoms with Crippen LogP contribution in [0.4, 0.5) is 0 Å². The molecule has 2 nitrogen and oxygen atoms in total. The summed E-state index contributed by atoms with van der Waals surface area (Å²) in [5, 5.41) is 5.71. The monoisotopic (exact) mass is 238 g/mol. The Morgan fingerprint density at radius 2 is 2.44 bits per heavy atom. The number of hydrogen-bond donors (Lipinski definition) is 1. The second-order valence-corrected chi connectivity index (χ2v) is 5.90. The summed E-state index contributed by atoms with van der Waals surface area (Å²) in [7, 11) is 0. The highest BCUT2D eigenvalue weighted by Gasteiger charge is 2.17. The van der Waals surface area contributed by atoms with Crippen LogP contribution in [0.15, 0.2) is 11.4 Å². The summed E-state index contributed by atoms with van der Waals surface area (Å²) in [6.07, 6.45) is 1.38. The van der Waals surface area contributed by atoms with Gasteiger partial charge in [-0.15, -0.1) is 11.3 Å². The Hall–Kier alpha value is -0.380. The summed E-state index contributed by atoms with van der Waals surface area (Å²) >= 11 is 1.86. The number of nitrogens with one attached hydrogen (secondary N) is 1. The molecule has 1 fully saturated rings. The molecule has 0 bridgehead atoms. The number of thiophene rings is 1. The maximum absolute atomic E-state index is 3.54. The SMILES string of the molecule is Cc1ccsc1CNCCN1CCC(C)C1. The molecule has 2 heterocycles. The molecule has 0 aliphatic carbocycles. The lowest BCUT2D eigenvalue weighted by Gasteiger charge is -2.15. The van der Waals surface area contributed by atoms with E-state index in [0.717, 1.165) is 19.0 Å². The van der Waals surface area contributed by atoms with E-state index in [0.29, 0.717) is 0 Å². The first kappa shape index (κ1) is 12.1. The quantitative estimate of drug-likeness (QED) is 0.793. The van der Waals surface area contributed by atoms with E-state index in [4.69, 9.17) is 0 Å². The predicted molar refractivity (Wildman–Crippen MR) is 71.0 cm³/mol. The molecule has 1 N–H and O–H groups in total. The van der Waals surface area contributed by atoms with Crippen LogP contribution in [0.2, 0.25) is 0 Å². The van der Waals surface area contributed by atoms with Crippen molar-refractivity contribution in [1.29, 1.82) is 0 Å². The summed E-state index contributed by atoms with van der Waals surface area (Å²) < 4.78 is 0. The molecule has 90 valence electrons. The molecule has 1 aromatic rings. The molecular weight excluding hydrogens is 216 g/mol. The van der Waals surface area contributed by atoms with Crippen LogP contribution in [-0.4, -0.2) is 31.1 Å². The van der Waals surface area contributed by atoms with Crippen LogP contribution in [0.3, 0.4) is 0 Å². The Morgan fingerprint density at radius 3 is 3.06 bits per heavy atom. The van der Waals surface area contributed by atoms with E-state index in [1.54, 1.807) is 0 Å². The molecule has 0 saturated carbocycles. The molecular formula is C13H22N2S. The maximum atomic E-state index is 3.54. The third kappa shape index (κ3) is 3.30. The van der Waals surface area contributed by atoms with Crippen LogP contribution in [-0.2, 0) is 6.54 Å². The number of rotatable bonds is 5. The van der Waals surface area contributed by atoms with E-state index in [9.17, 15) is 0 Å². The van der Waals surface area contributed by atoms with Gasteiger partial charge in [0.1, 0.15) is 0 Å². The average molecular weight is 238 g/mol. The van der Waals surface area contributed by atoms with Crippen LogP contribution in [0.5, 0.6) is 0 Å². The van der Waals surface area contributed by atoms with Gasteiger partial charge in [-0.05, 0) is 42.8 Å². The minimum atomic E-state index is 0.902. The molecule has 0 amide bonds. The van der Waals surface area contributed by atoms with Crippen molar-refractivity contribution in [2.75, 3.05) is 26.2 Å². The van der Waals surface area contributed by atoms with Crippen LogP contribution in [0.1, 0.15) is 23.8 Å². The zero-order valence-corrected chi connectivity index (χ0v) is 11.1. The van der Waals surface area contributed by atoms with E-state index in [-0.39, 0.29) is 0 Å². The Labute approximate surface area is 103 Å². The summed E-state index contributed by atoms with van der Waals surface area (Å²) in [6, 6.07) is 2.20. The van der Waals surface area contributed by atoms with E-state index in [2.05, 4.69) is 35.5 Å². The van der Waals surface area contributed by atoms with E-state index >= 15 is 0 Å². The van der Waals surface area contributed by atoms with Crippen molar-refractivity contribution in [2.24, 2.45) is 5.92 Å². The summed E-state index contributed by atoms with van der Waals surface area (Å²) in [5.41, 5.74) is 1.42. The number of hydrogen-bond acceptors (Lipinski definition) is 3. The van der Waals surface area contributed by atoms with Gasteiger partial charge in [0.25, 0.3) is 0 Å². The molecule has 0 aromatic carbocycles. The molecule has 1 atom stereocenters. The lowest BCUT2D eigenvalue weighted by atomic mass is 10.2. The van der Waals surface area contributed by atoms with Gasteiger partial charge in [-0.25, -0.2) is 0 Å². The van der Waals surface area contributed by atoms with Gasteiger partial charge in [-0.1, -0.05) is 6.92 Å². The maximum Gasteiger partial charge on any atom is 0.0302 e. The van der Waals surface area contributed by atoms with Crippen molar-refractivity contribution in [3.8, 4) is 0 Å². The molecule has 1 aliphatic heterocycles. The van der Waals surface area contributed by atoms with Crippen molar-refractivity contribution in [1.82, 2.24) is 10.2 Å². The molecule has 1 aromatic heterocycles. The van der Waals surface area contributed by atoms with Gasteiger partial charge >= 0.3 is 0 Å². The van der Waals surface area contributed by atoms with Gasteiger partial charge in [0.05, 0.1) is 0 Å². The second-order valence-electron chi connectivity index (χ2n) is 4.90. The molecule has 2 rings (SSSR count). The van der Waals surface area contributed by atoms with Crippen molar-refractivity contribution in [2.45, 2.75) is 26.8 Å². The van der Waals surface area contributed by atoms with Crippen LogP contribution in [0, 0.1) is 12.8 Å². The van der Waals surface area contributed by atoms with Crippen LogP contribution in [0.25, 0.3) is 0 Å². The fourth-order valence-electron chi connectivity index (χ4n) is 2.25. The standard InChI is InChI=1S/C13H22N2S/c1-11-3-6-15(10-11)7-5-14-9-13-12(2)4-8-16-13/h4,8,11,14H,3,5-7,9-10H2,1-2H3. The Balaban J connectivity index is 1.60. The first-order valence-corrected chi connectivity index (χ1v) is 7.09. The third-order valence-electron chi connectivity index (χ3n) is 3.37. The minimum Gasteiger partial charge on any atom is -0.311 e. The fourth-order valence-corrected chi connectivity index (χ4v) is 3.13. The van der Waals surface area contributed by atoms with Crippen LogP contribution >= 0.6 is 11.3 Å². The Bertz CT molecular complexity index is 321. The molecule has 1 unspecified atom stereocenters. The van der Waals surface area contributed by atoms with E-state index < -0.39 is 0 Å².